The van der Waals surface area contributed by atoms with Crippen LogP contribution in [0, 0.1) is 6.92 Å². The minimum absolute atomic E-state index is 0.0739. The number of benzene rings is 3. The number of amides is 2. The lowest BCUT2D eigenvalue weighted by atomic mass is 10.0. The minimum Gasteiger partial charge on any atom is -0.354 e. The number of rotatable bonds is 12. The van der Waals surface area contributed by atoms with Gasteiger partial charge in [-0.05, 0) is 36.1 Å². The summed E-state index contributed by atoms with van der Waals surface area (Å²) in [7, 11) is 0. The summed E-state index contributed by atoms with van der Waals surface area (Å²) >= 11 is 8.02. The average Bonchev–Trinajstić information content (AvgIpc) is 2.86. The Hall–Kier alpha value is -2.76. The third kappa shape index (κ3) is 8.44. The van der Waals surface area contributed by atoms with E-state index < -0.39 is 6.04 Å². The second-order valence-corrected chi connectivity index (χ2v) is 9.98. The quantitative estimate of drug-likeness (QED) is 0.324. The zero-order valence-corrected chi connectivity index (χ0v) is 21.9. The highest BCUT2D eigenvalue weighted by Crippen LogP contribution is 2.22. The summed E-state index contributed by atoms with van der Waals surface area (Å²) in [5.74, 6) is 0.804. The second-order valence-electron chi connectivity index (χ2n) is 8.59. The molecular formula is C29H33ClN2O2S. The molecule has 1 unspecified atom stereocenters. The maximum Gasteiger partial charge on any atom is 0.243 e. The first-order valence-corrected chi connectivity index (χ1v) is 13.5. The van der Waals surface area contributed by atoms with Crippen molar-refractivity contribution in [1.82, 2.24) is 10.2 Å². The van der Waals surface area contributed by atoms with Gasteiger partial charge in [-0.1, -0.05) is 96.9 Å². The number of hydrogen-bond acceptors (Lipinski definition) is 3. The van der Waals surface area contributed by atoms with Crippen molar-refractivity contribution in [3.63, 3.8) is 0 Å². The molecular weight excluding hydrogens is 476 g/mol. The molecule has 0 saturated heterocycles. The maximum absolute atomic E-state index is 13.6. The summed E-state index contributed by atoms with van der Waals surface area (Å²) in [6.45, 7) is 4.93. The van der Waals surface area contributed by atoms with E-state index in [-0.39, 0.29) is 24.1 Å². The van der Waals surface area contributed by atoms with Crippen LogP contribution in [0.5, 0.6) is 0 Å². The molecule has 1 atom stereocenters. The molecule has 2 amide bonds. The van der Waals surface area contributed by atoms with E-state index in [0.29, 0.717) is 18.0 Å². The Morgan fingerprint density at radius 1 is 0.971 bits per heavy atom. The van der Waals surface area contributed by atoms with Crippen LogP contribution in [0.1, 0.15) is 35.6 Å². The largest absolute Gasteiger partial charge is 0.354 e. The van der Waals surface area contributed by atoms with E-state index in [0.717, 1.165) is 23.3 Å². The van der Waals surface area contributed by atoms with Gasteiger partial charge < -0.3 is 10.2 Å². The molecule has 0 aromatic heterocycles. The minimum atomic E-state index is -0.632. The summed E-state index contributed by atoms with van der Waals surface area (Å²) in [6.07, 6.45) is 1.27. The standard InChI is InChI=1S/C29H33ClN2O2S/c1-3-16-31-29(34)27(18-23-11-5-4-6-12-23)32(19-25-14-7-8-15-26(25)30)28(33)21-35-20-24-13-9-10-22(2)17-24/h4-15,17,27H,3,16,18-21H2,1-2H3,(H,31,34). The van der Waals surface area contributed by atoms with Crippen molar-refractivity contribution < 1.29 is 9.59 Å². The fourth-order valence-corrected chi connectivity index (χ4v) is 4.92. The smallest absolute Gasteiger partial charge is 0.243 e. The molecule has 0 bridgehead atoms. The van der Waals surface area contributed by atoms with Crippen molar-refractivity contribution in [3.8, 4) is 0 Å². The number of nitrogens with one attached hydrogen (secondary N) is 1. The predicted octanol–water partition coefficient (Wildman–Crippen LogP) is 6.05. The van der Waals surface area contributed by atoms with Crippen LogP contribution in [0.3, 0.4) is 0 Å². The molecule has 3 aromatic rings. The van der Waals surface area contributed by atoms with E-state index in [1.54, 1.807) is 16.7 Å². The number of carbonyl (C=O) groups is 2. The van der Waals surface area contributed by atoms with E-state index >= 15 is 0 Å². The molecule has 0 aliphatic rings. The molecule has 4 nitrogen and oxygen atoms in total. The number of nitrogens with zero attached hydrogens (tertiary/aromatic N) is 1. The van der Waals surface area contributed by atoms with Crippen LogP contribution in [0.4, 0.5) is 0 Å². The molecule has 6 heteroatoms. The van der Waals surface area contributed by atoms with Crippen molar-refractivity contribution in [2.24, 2.45) is 0 Å². The normalized spacial score (nSPS) is 11.6. The highest BCUT2D eigenvalue weighted by Gasteiger charge is 2.30. The molecule has 3 rings (SSSR count). The summed E-state index contributed by atoms with van der Waals surface area (Å²) in [6, 6.07) is 25.0. The zero-order valence-electron chi connectivity index (χ0n) is 20.4. The summed E-state index contributed by atoms with van der Waals surface area (Å²) in [5, 5.41) is 3.59. The number of halogens is 1. The van der Waals surface area contributed by atoms with Gasteiger partial charge >= 0.3 is 0 Å². The second kappa shape index (κ2) is 14.0. The Morgan fingerprint density at radius 2 is 1.69 bits per heavy atom. The lowest BCUT2D eigenvalue weighted by Crippen LogP contribution is -2.51. The SMILES string of the molecule is CCCNC(=O)C(Cc1ccccc1)N(Cc1ccccc1Cl)C(=O)CSCc1cccc(C)c1. The van der Waals surface area contributed by atoms with Crippen LogP contribution in [0.25, 0.3) is 0 Å². The van der Waals surface area contributed by atoms with Crippen LogP contribution in [-0.2, 0) is 28.3 Å². The number of carbonyl (C=O) groups excluding carboxylic acids is 2. The van der Waals surface area contributed by atoms with Gasteiger partial charge in [0.15, 0.2) is 0 Å². The highest BCUT2D eigenvalue weighted by atomic mass is 35.5. The van der Waals surface area contributed by atoms with Crippen molar-refractivity contribution in [2.45, 2.75) is 45.0 Å². The van der Waals surface area contributed by atoms with Crippen molar-refractivity contribution in [2.75, 3.05) is 12.3 Å². The van der Waals surface area contributed by atoms with Crippen LogP contribution in [-0.4, -0.2) is 35.1 Å². The fraction of sp³-hybridized carbons (Fsp3) is 0.310. The van der Waals surface area contributed by atoms with E-state index in [1.165, 1.54) is 11.1 Å². The van der Waals surface area contributed by atoms with Crippen LogP contribution in [0.15, 0.2) is 78.9 Å². The summed E-state index contributed by atoms with van der Waals surface area (Å²) in [4.78, 5) is 28.6. The molecule has 0 aliphatic carbocycles. The highest BCUT2D eigenvalue weighted by molar-refractivity contribution is 7.99. The molecule has 0 spiro atoms. The molecule has 0 heterocycles. The molecule has 0 saturated carbocycles. The predicted molar refractivity (Wildman–Crippen MR) is 147 cm³/mol. The molecule has 0 fully saturated rings. The van der Waals surface area contributed by atoms with Gasteiger partial charge in [0, 0.05) is 30.3 Å². The van der Waals surface area contributed by atoms with Gasteiger partial charge in [0.05, 0.1) is 5.75 Å². The molecule has 1 N–H and O–H groups in total. The lowest BCUT2D eigenvalue weighted by Gasteiger charge is -2.31. The lowest BCUT2D eigenvalue weighted by molar-refractivity contribution is -0.139. The first kappa shape index (κ1) is 26.8. The third-order valence-corrected chi connectivity index (χ3v) is 7.05. The van der Waals surface area contributed by atoms with Gasteiger partial charge in [0.25, 0.3) is 0 Å². The number of thioether (sulfide) groups is 1. The Kier molecular flexibility index (Phi) is 10.7. The van der Waals surface area contributed by atoms with Gasteiger partial charge in [-0.15, -0.1) is 11.8 Å². The van der Waals surface area contributed by atoms with Crippen LogP contribution >= 0.6 is 23.4 Å². The van der Waals surface area contributed by atoms with E-state index in [9.17, 15) is 9.59 Å². The fourth-order valence-electron chi connectivity index (χ4n) is 3.87. The Bertz CT molecular complexity index is 1110. The zero-order chi connectivity index (χ0) is 25.0. The molecule has 35 heavy (non-hydrogen) atoms. The topological polar surface area (TPSA) is 49.4 Å². The molecule has 0 radical (unpaired) electrons. The van der Waals surface area contributed by atoms with Gasteiger partial charge in [0.2, 0.25) is 11.8 Å². The van der Waals surface area contributed by atoms with Crippen molar-refractivity contribution in [3.05, 3.63) is 106 Å². The molecule has 3 aromatic carbocycles. The van der Waals surface area contributed by atoms with E-state index in [1.807, 2.05) is 67.6 Å². The van der Waals surface area contributed by atoms with Gasteiger partial charge in [-0.25, -0.2) is 0 Å². The van der Waals surface area contributed by atoms with Gasteiger partial charge in [-0.3, -0.25) is 9.59 Å². The van der Waals surface area contributed by atoms with Crippen molar-refractivity contribution >= 4 is 35.2 Å². The Labute approximate surface area is 218 Å². The molecule has 184 valence electrons. The van der Waals surface area contributed by atoms with Gasteiger partial charge in [-0.2, -0.15) is 0 Å². The number of aryl methyl sites for hydroxylation is 1. The summed E-state index contributed by atoms with van der Waals surface area (Å²) < 4.78 is 0. The van der Waals surface area contributed by atoms with E-state index in [4.69, 9.17) is 11.6 Å². The van der Waals surface area contributed by atoms with Crippen molar-refractivity contribution in [1.29, 1.82) is 0 Å². The first-order valence-electron chi connectivity index (χ1n) is 12.0. The average molecular weight is 509 g/mol. The third-order valence-electron chi connectivity index (χ3n) is 5.70. The Balaban J connectivity index is 1.84. The number of hydrogen-bond donors (Lipinski definition) is 1. The van der Waals surface area contributed by atoms with Crippen LogP contribution in [0.2, 0.25) is 5.02 Å². The maximum atomic E-state index is 13.6. The Morgan fingerprint density at radius 3 is 2.40 bits per heavy atom. The summed E-state index contributed by atoms with van der Waals surface area (Å²) in [5.41, 5.74) is 4.22. The monoisotopic (exact) mass is 508 g/mol. The van der Waals surface area contributed by atoms with Gasteiger partial charge in [0.1, 0.15) is 6.04 Å². The van der Waals surface area contributed by atoms with E-state index in [2.05, 4.69) is 30.4 Å². The first-order chi connectivity index (χ1) is 17.0. The molecule has 0 aliphatic heterocycles. The van der Waals surface area contributed by atoms with Crippen LogP contribution < -0.4 is 5.32 Å².